The molecule has 0 amide bonds. The van der Waals surface area contributed by atoms with E-state index in [1.165, 1.54) is 12.8 Å². The first-order chi connectivity index (χ1) is 8.24. The highest BCUT2D eigenvalue weighted by Crippen LogP contribution is 2.26. The van der Waals surface area contributed by atoms with Gasteiger partial charge in [0, 0.05) is 25.7 Å². The van der Waals surface area contributed by atoms with Crippen LogP contribution in [0.15, 0.2) is 0 Å². The van der Waals surface area contributed by atoms with Crippen molar-refractivity contribution < 1.29 is 9.84 Å². The zero-order valence-electron chi connectivity index (χ0n) is 11.7. The van der Waals surface area contributed by atoms with Gasteiger partial charge in [0.05, 0.1) is 12.7 Å². The number of aliphatic hydroxyl groups excluding tert-OH is 1. The van der Waals surface area contributed by atoms with E-state index >= 15 is 0 Å². The van der Waals surface area contributed by atoms with E-state index in [9.17, 15) is 5.11 Å². The summed E-state index contributed by atoms with van der Waals surface area (Å²) in [5.41, 5.74) is 0. The minimum Gasteiger partial charge on any atom is -0.391 e. The van der Waals surface area contributed by atoms with E-state index in [1.807, 2.05) is 0 Å². The van der Waals surface area contributed by atoms with Gasteiger partial charge in [-0.3, -0.25) is 4.90 Å². The van der Waals surface area contributed by atoms with Crippen LogP contribution in [-0.4, -0.2) is 48.5 Å². The summed E-state index contributed by atoms with van der Waals surface area (Å²) in [4.78, 5) is 2.49. The average Bonchev–Trinajstić information content (AvgIpc) is 2.36. The predicted octanol–water partition coefficient (Wildman–Crippen LogP) is 2.43. The third-order valence-electron chi connectivity index (χ3n) is 4.09. The highest BCUT2D eigenvalue weighted by atomic mass is 16.5. The van der Waals surface area contributed by atoms with Gasteiger partial charge in [0.25, 0.3) is 0 Å². The molecule has 1 N–H and O–H groups in total. The maximum Gasteiger partial charge on any atom is 0.0695 e. The van der Waals surface area contributed by atoms with Crippen LogP contribution in [0.25, 0.3) is 0 Å². The van der Waals surface area contributed by atoms with Crippen molar-refractivity contribution in [1.82, 2.24) is 4.90 Å². The van der Waals surface area contributed by atoms with E-state index in [0.29, 0.717) is 12.1 Å². The molecule has 0 aliphatic heterocycles. The lowest BCUT2D eigenvalue weighted by Crippen LogP contribution is -2.51. The normalized spacial score (nSPS) is 25.8. The molecule has 0 aromatic carbocycles. The molecule has 0 radical (unpaired) electrons. The molecule has 0 aromatic heterocycles. The molecular weight excluding hydrogens is 214 g/mol. The van der Waals surface area contributed by atoms with Crippen LogP contribution in [-0.2, 0) is 4.74 Å². The lowest BCUT2D eigenvalue weighted by atomic mass is 9.89. The smallest absolute Gasteiger partial charge is 0.0695 e. The van der Waals surface area contributed by atoms with Gasteiger partial charge >= 0.3 is 0 Å². The molecule has 0 unspecified atom stereocenters. The number of hydrogen-bond acceptors (Lipinski definition) is 3. The predicted molar refractivity (Wildman–Crippen MR) is 71.2 cm³/mol. The lowest BCUT2D eigenvalue weighted by Gasteiger charge is -2.42. The molecular formula is C14H29NO2. The lowest BCUT2D eigenvalue weighted by molar-refractivity contribution is -0.0144. The van der Waals surface area contributed by atoms with E-state index in [4.69, 9.17) is 4.74 Å². The van der Waals surface area contributed by atoms with Crippen molar-refractivity contribution in [2.75, 3.05) is 20.3 Å². The molecule has 1 rings (SSSR count). The monoisotopic (exact) mass is 243 g/mol. The second-order valence-corrected chi connectivity index (χ2v) is 5.12. The van der Waals surface area contributed by atoms with Gasteiger partial charge in [0.15, 0.2) is 0 Å². The minimum absolute atomic E-state index is 0.138. The third kappa shape index (κ3) is 4.23. The molecule has 17 heavy (non-hydrogen) atoms. The molecule has 0 saturated heterocycles. The van der Waals surface area contributed by atoms with Gasteiger partial charge in [-0.05, 0) is 25.7 Å². The van der Waals surface area contributed by atoms with Crippen molar-refractivity contribution in [3.63, 3.8) is 0 Å². The Morgan fingerprint density at radius 3 is 2.41 bits per heavy atom. The zero-order valence-corrected chi connectivity index (χ0v) is 11.7. The number of rotatable bonds is 7. The van der Waals surface area contributed by atoms with Crippen LogP contribution in [0.2, 0.25) is 0 Å². The fraction of sp³-hybridized carbons (Fsp3) is 1.00. The molecule has 0 spiro atoms. The molecule has 0 aromatic rings. The van der Waals surface area contributed by atoms with Crippen LogP contribution < -0.4 is 0 Å². The quantitative estimate of drug-likeness (QED) is 0.745. The Morgan fingerprint density at radius 1 is 1.24 bits per heavy atom. The topological polar surface area (TPSA) is 32.7 Å². The van der Waals surface area contributed by atoms with Crippen molar-refractivity contribution in [3.8, 4) is 0 Å². The van der Waals surface area contributed by atoms with E-state index < -0.39 is 0 Å². The Kier molecular flexibility index (Phi) is 7.09. The summed E-state index contributed by atoms with van der Waals surface area (Å²) < 4.78 is 5.21. The van der Waals surface area contributed by atoms with Crippen molar-refractivity contribution >= 4 is 0 Å². The number of nitrogens with zero attached hydrogens (tertiary/aromatic N) is 1. The summed E-state index contributed by atoms with van der Waals surface area (Å²) in [5.74, 6) is 0. The van der Waals surface area contributed by atoms with Crippen molar-refractivity contribution in [3.05, 3.63) is 0 Å². The van der Waals surface area contributed by atoms with Crippen LogP contribution in [0.4, 0.5) is 0 Å². The number of ether oxygens (including phenoxy) is 1. The summed E-state index contributed by atoms with van der Waals surface area (Å²) in [5, 5.41) is 10.2. The van der Waals surface area contributed by atoms with E-state index in [2.05, 4.69) is 18.7 Å². The highest BCUT2D eigenvalue weighted by Gasteiger charge is 2.31. The second-order valence-electron chi connectivity index (χ2n) is 5.12. The molecule has 3 nitrogen and oxygen atoms in total. The molecule has 1 fully saturated rings. The Morgan fingerprint density at radius 2 is 1.88 bits per heavy atom. The molecule has 1 aliphatic rings. The van der Waals surface area contributed by atoms with Gasteiger partial charge in [0.1, 0.15) is 0 Å². The van der Waals surface area contributed by atoms with Crippen LogP contribution in [0.1, 0.15) is 52.4 Å². The van der Waals surface area contributed by atoms with E-state index in [1.54, 1.807) is 7.11 Å². The first-order valence-electron chi connectivity index (χ1n) is 7.17. The van der Waals surface area contributed by atoms with Crippen LogP contribution in [0.3, 0.4) is 0 Å². The second kappa shape index (κ2) is 8.06. The molecule has 2 atom stereocenters. The Balaban J connectivity index is 2.65. The Hall–Kier alpha value is -0.120. The average molecular weight is 243 g/mol. The van der Waals surface area contributed by atoms with Crippen molar-refractivity contribution in [1.29, 1.82) is 0 Å². The third-order valence-corrected chi connectivity index (χ3v) is 4.09. The summed E-state index contributed by atoms with van der Waals surface area (Å²) >= 11 is 0. The fourth-order valence-electron chi connectivity index (χ4n) is 3.05. The first kappa shape index (κ1) is 14.9. The SMILES string of the molecule is CCC(CC)N(CCOC)[C@H]1CCCC[C@@H]1O. The Labute approximate surface area is 106 Å². The summed E-state index contributed by atoms with van der Waals surface area (Å²) in [7, 11) is 1.75. The maximum atomic E-state index is 10.2. The van der Waals surface area contributed by atoms with Crippen LogP contribution >= 0.6 is 0 Å². The van der Waals surface area contributed by atoms with Gasteiger partial charge in [-0.15, -0.1) is 0 Å². The van der Waals surface area contributed by atoms with Crippen LogP contribution in [0, 0.1) is 0 Å². The van der Waals surface area contributed by atoms with Crippen LogP contribution in [0.5, 0.6) is 0 Å². The molecule has 1 aliphatic carbocycles. The van der Waals surface area contributed by atoms with Gasteiger partial charge in [-0.25, -0.2) is 0 Å². The summed E-state index contributed by atoms with van der Waals surface area (Å²) in [6, 6.07) is 0.937. The van der Waals surface area contributed by atoms with Gasteiger partial charge in [0.2, 0.25) is 0 Å². The van der Waals surface area contributed by atoms with Crippen molar-refractivity contribution in [2.45, 2.75) is 70.6 Å². The fourth-order valence-corrected chi connectivity index (χ4v) is 3.05. The number of methoxy groups -OCH3 is 1. The van der Waals surface area contributed by atoms with Gasteiger partial charge in [-0.1, -0.05) is 26.7 Å². The molecule has 1 saturated carbocycles. The largest absolute Gasteiger partial charge is 0.391 e. The minimum atomic E-state index is -0.138. The molecule has 0 bridgehead atoms. The number of hydrogen-bond donors (Lipinski definition) is 1. The standard InChI is InChI=1S/C14H29NO2/c1-4-12(5-2)15(10-11-17-3)13-8-6-7-9-14(13)16/h12-14,16H,4-11H2,1-3H3/t13-,14-/m0/s1. The number of aliphatic hydroxyl groups is 1. The zero-order chi connectivity index (χ0) is 12.7. The van der Waals surface area contributed by atoms with Gasteiger partial charge < -0.3 is 9.84 Å². The summed E-state index contributed by atoms with van der Waals surface area (Å²) in [6.45, 7) is 6.19. The first-order valence-corrected chi connectivity index (χ1v) is 7.17. The van der Waals surface area contributed by atoms with Gasteiger partial charge in [-0.2, -0.15) is 0 Å². The molecule has 3 heteroatoms. The molecule has 0 heterocycles. The molecule has 102 valence electrons. The van der Waals surface area contributed by atoms with E-state index in [-0.39, 0.29) is 6.10 Å². The highest BCUT2D eigenvalue weighted by molar-refractivity contribution is 4.86. The Bertz CT molecular complexity index is 195. The maximum absolute atomic E-state index is 10.2. The van der Waals surface area contributed by atoms with E-state index in [0.717, 1.165) is 38.8 Å². The van der Waals surface area contributed by atoms with Crippen molar-refractivity contribution in [2.24, 2.45) is 0 Å². The summed E-state index contributed by atoms with van der Waals surface area (Å²) in [6.07, 6.45) is 6.72.